The highest BCUT2D eigenvalue weighted by molar-refractivity contribution is 7.91. The molecule has 1 fully saturated rings. The average molecular weight is 307 g/mol. The van der Waals surface area contributed by atoms with E-state index in [0.717, 1.165) is 25.7 Å². The Kier molecular flexibility index (Phi) is 3.87. The smallest absolute Gasteiger partial charge is 0.151 e. The van der Waals surface area contributed by atoms with E-state index in [9.17, 15) is 8.42 Å². The van der Waals surface area contributed by atoms with Crippen LogP contribution >= 0.6 is 0 Å². The van der Waals surface area contributed by atoms with Crippen LogP contribution in [0, 0.1) is 0 Å². The van der Waals surface area contributed by atoms with Crippen LogP contribution in [-0.4, -0.2) is 26.0 Å². The normalized spacial score (nSPS) is 30.6. The van der Waals surface area contributed by atoms with Gasteiger partial charge in [0, 0.05) is 12.1 Å². The highest BCUT2D eigenvalue weighted by atomic mass is 32.2. The van der Waals surface area contributed by atoms with Gasteiger partial charge in [-0.1, -0.05) is 38.1 Å². The van der Waals surface area contributed by atoms with Gasteiger partial charge in [0.1, 0.15) is 0 Å². The Morgan fingerprint density at radius 2 is 1.95 bits per heavy atom. The van der Waals surface area contributed by atoms with Crippen LogP contribution < -0.4 is 5.32 Å². The molecule has 1 saturated heterocycles. The molecule has 1 heterocycles. The number of hydrogen-bond acceptors (Lipinski definition) is 3. The SMILES string of the molecule is CC1(C)CCC(NC2CCCS(=O)(=O)C2)c2ccccc21. The maximum atomic E-state index is 11.8. The molecule has 1 aromatic rings. The first-order valence-corrected chi connectivity index (χ1v) is 9.75. The number of fused-ring (bicyclic) bond motifs is 1. The van der Waals surface area contributed by atoms with Gasteiger partial charge in [-0.3, -0.25) is 0 Å². The Balaban J connectivity index is 1.81. The third-order valence-electron chi connectivity index (χ3n) is 5.02. The Hall–Kier alpha value is -0.870. The van der Waals surface area contributed by atoms with E-state index in [2.05, 4.69) is 43.4 Å². The summed E-state index contributed by atoms with van der Waals surface area (Å²) in [5, 5.41) is 3.63. The van der Waals surface area contributed by atoms with Crippen molar-refractivity contribution in [1.82, 2.24) is 5.32 Å². The first-order chi connectivity index (χ1) is 9.87. The molecule has 2 aliphatic rings. The summed E-state index contributed by atoms with van der Waals surface area (Å²) in [5.74, 6) is 0.661. The summed E-state index contributed by atoms with van der Waals surface area (Å²) in [6.07, 6.45) is 3.99. The lowest BCUT2D eigenvalue weighted by molar-refractivity contribution is 0.329. The Bertz CT molecular complexity index is 621. The van der Waals surface area contributed by atoms with Crippen LogP contribution in [0.1, 0.15) is 56.7 Å². The predicted octanol–water partition coefficient (Wildman–Crippen LogP) is 2.97. The predicted molar refractivity (Wildman–Crippen MR) is 86.3 cm³/mol. The monoisotopic (exact) mass is 307 g/mol. The van der Waals surface area contributed by atoms with E-state index in [1.54, 1.807) is 0 Å². The van der Waals surface area contributed by atoms with Crippen molar-refractivity contribution in [1.29, 1.82) is 0 Å². The van der Waals surface area contributed by atoms with Crippen LogP contribution in [0.25, 0.3) is 0 Å². The third kappa shape index (κ3) is 3.16. The van der Waals surface area contributed by atoms with Crippen molar-refractivity contribution >= 4 is 9.84 Å². The minimum absolute atomic E-state index is 0.114. The van der Waals surface area contributed by atoms with E-state index < -0.39 is 9.84 Å². The van der Waals surface area contributed by atoms with Crippen LogP contribution in [0.4, 0.5) is 0 Å². The van der Waals surface area contributed by atoms with Crippen LogP contribution in [0.3, 0.4) is 0 Å². The van der Waals surface area contributed by atoms with E-state index in [1.165, 1.54) is 11.1 Å². The standard InChI is InChI=1S/C17H25NO2S/c1-17(2)10-9-16(14-7-3-4-8-15(14)17)18-13-6-5-11-21(19,20)12-13/h3-4,7-8,13,16,18H,5-6,9-12H2,1-2H3. The summed E-state index contributed by atoms with van der Waals surface area (Å²) in [4.78, 5) is 0. The average Bonchev–Trinajstić information content (AvgIpc) is 2.41. The van der Waals surface area contributed by atoms with Crippen molar-refractivity contribution in [3.05, 3.63) is 35.4 Å². The summed E-state index contributed by atoms with van der Waals surface area (Å²) >= 11 is 0. The zero-order valence-electron chi connectivity index (χ0n) is 12.9. The summed E-state index contributed by atoms with van der Waals surface area (Å²) in [6, 6.07) is 9.03. The van der Waals surface area contributed by atoms with Gasteiger partial charge in [0.25, 0.3) is 0 Å². The van der Waals surface area contributed by atoms with Crippen LogP contribution in [0.5, 0.6) is 0 Å². The zero-order valence-corrected chi connectivity index (χ0v) is 13.7. The molecule has 3 nitrogen and oxygen atoms in total. The molecule has 1 aromatic carbocycles. The van der Waals surface area contributed by atoms with Crippen molar-refractivity contribution in [3.63, 3.8) is 0 Å². The molecule has 0 amide bonds. The van der Waals surface area contributed by atoms with Gasteiger partial charge in [-0.25, -0.2) is 8.42 Å². The largest absolute Gasteiger partial charge is 0.306 e. The quantitative estimate of drug-likeness (QED) is 0.913. The molecule has 1 aliphatic heterocycles. The van der Waals surface area contributed by atoms with Crippen molar-refractivity contribution < 1.29 is 8.42 Å². The Labute approximate surface area is 128 Å². The lowest BCUT2D eigenvalue weighted by Crippen LogP contribution is -2.44. The second-order valence-electron chi connectivity index (χ2n) is 7.18. The summed E-state index contributed by atoms with van der Waals surface area (Å²) in [6.45, 7) is 4.60. The highest BCUT2D eigenvalue weighted by Gasteiger charge is 2.34. The summed E-state index contributed by atoms with van der Waals surface area (Å²) in [7, 11) is -2.85. The fraction of sp³-hybridized carbons (Fsp3) is 0.647. The fourth-order valence-electron chi connectivity index (χ4n) is 3.82. The molecule has 4 heteroatoms. The molecule has 1 aliphatic carbocycles. The Morgan fingerprint density at radius 3 is 2.71 bits per heavy atom. The number of benzene rings is 1. The van der Waals surface area contributed by atoms with E-state index in [4.69, 9.17) is 0 Å². The molecule has 0 radical (unpaired) electrons. The molecule has 1 N–H and O–H groups in total. The second-order valence-corrected chi connectivity index (χ2v) is 9.41. The molecular formula is C17H25NO2S. The first kappa shape index (κ1) is 15.0. The maximum Gasteiger partial charge on any atom is 0.151 e. The number of sulfone groups is 1. The van der Waals surface area contributed by atoms with Crippen LogP contribution in [0.15, 0.2) is 24.3 Å². The lowest BCUT2D eigenvalue weighted by Gasteiger charge is -2.39. The number of hydrogen-bond donors (Lipinski definition) is 1. The van der Waals surface area contributed by atoms with Crippen LogP contribution in [0.2, 0.25) is 0 Å². The van der Waals surface area contributed by atoms with Gasteiger partial charge in [0.05, 0.1) is 11.5 Å². The van der Waals surface area contributed by atoms with Crippen molar-refractivity contribution in [2.24, 2.45) is 0 Å². The minimum Gasteiger partial charge on any atom is -0.306 e. The fourth-order valence-corrected chi connectivity index (χ4v) is 5.47. The number of nitrogens with one attached hydrogen (secondary N) is 1. The molecule has 2 unspecified atom stereocenters. The molecular weight excluding hydrogens is 282 g/mol. The number of rotatable bonds is 2. The van der Waals surface area contributed by atoms with Crippen molar-refractivity contribution in [2.75, 3.05) is 11.5 Å². The van der Waals surface area contributed by atoms with E-state index in [1.807, 2.05) is 0 Å². The van der Waals surface area contributed by atoms with Crippen LogP contribution in [-0.2, 0) is 15.3 Å². The van der Waals surface area contributed by atoms with Gasteiger partial charge >= 0.3 is 0 Å². The highest BCUT2D eigenvalue weighted by Crippen LogP contribution is 2.41. The van der Waals surface area contributed by atoms with Gasteiger partial charge in [0.15, 0.2) is 9.84 Å². The van der Waals surface area contributed by atoms with Gasteiger partial charge in [-0.2, -0.15) is 0 Å². The minimum atomic E-state index is -2.85. The van der Waals surface area contributed by atoms with Gasteiger partial charge < -0.3 is 5.32 Å². The molecule has 0 spiro atoms. The van der Waals surface area contributed by atoms with Gasteiger partial charge in [-0.15, -0.1) is 0 Å². The lowest BCUT2D eigenvalue weighted by atomic mass is 9.71. The molecule has 116 valence electrons. The molecule has 3 rings (SSSR count). The molecule has 0 aromatic heterocycles. The third-order valence-corrected chi connectivity index (χ3v) is 6.84. The van der Waals surface area contributed by atoms with Crippen molar-refractivity contribution in [2.45, 2.75) is 57.0 Å². The molecule has 21 heavy (non-hydrogen) atoms. The van der Waals surface area contributed by atoms with Crippen molar-refractivity contribution in [3.8, 4) is 0 Å². The van der Waals surface area contributed by atoms with Gasteiger partial charge in [0.2, 0.25) is 0 Å². The van der Waals surface area contributed by atoms with E-state index in [0.29, 0.717) is 17.5 Å². The van der Waals surface area contributed by atoms with E-state index in [-0.39, 0.29) is 11.5 Å². The van der Waals surface area contributed by atoms with E-state index >= 15 is 0 Å². The van der Waals surface area contributed by atoms with Gasteiger partial charge in [-0.05, 0) is 42.2 Å². The molecule has 2 atom stereocenters. The maximum absolute atomic E-state index is 11.8. The summed E-state index contributed by atoms with van der Waals surface area (Å²) in [5.41, 5.74) is 2.98. The molecule has 0 bridgehead atoms. The zero-order chi connectivity index (χ0) is 15.1. The Morgan fingerprint density at radius 1 is 1.19 bits per heavy atom. The topological polar surface area (TPSA) is 46.2 Å². The summed E-state index contributed by atoms with van der Waals surface area (Å²) < 4.78 is 23.6. The first-order valence-electron chi connectivity index (χ1n) is 7.93. The second kappa shape index (κ2) is 5.40. The molecule has 0 saturated carbocycles.